The summed E-state index contributed by atoms with van der Waals surface area (Å²) in [6.45, 7) is 0. The van der Waals surface area contributed by atoms with Gasteiger partial charge in [0.15, 0.2) is 5.76 Å². The molecule has 1 aliphatic heterocycles. The minimum absolute atomic E-state index is 0.196. The number of ether oxygens (including phenoxy) is 2. The number of esters is 1. The van der Waals surface area contributed by atoms with E-state index in [1.807, 2.05) is 36.4 Å². The van der Waals surface area contributed by atoms with Crippen LogP contribution in [0.15, 0.2) is 84.0 Å². The van der Waals surface area contributed by atoms with Crippen molar-refractivity contribution in [3.8, 4) is 11.5 Å². The molecule has 1 aliphatic rings. The number of carbonyl (C=O) groups is 2. The van der Waals surface area contributed by atoms with Crippen LogP contribution in [0.3, 0.4) is 0 Å². The van der Waals surface area contributed by atoms with Gasteiger partial charge in [-0.25, -0.2) is 4.79 Å². The fourth-order valence-electron chi connectivity index (χ4n) is 2.61. The van der Waals surface area contributed by atoms with E-state index < -0.39 is 5.97 Å². The van der Waals surface area contributed by atoms with Gasteiger partial charge in [0.25, 0.3) is 0 Å². The van der Waals surface area contributed by atoms with Crippen LogP contribution in [0.1, 0.15) is 25.6 Å². The lowest BCUT2D eigenvalue weighted by Gasteiger charge is -2.04. The fraction of sp³-hybridized carbons (Fsp3) is 0. The standard InChI is InChI=1S/C22H14O4S/c23-21-17-12-11-16(25-22(24)20-10-5-13-27-20)14-19(17)26-18(21)9-4-8-15-6-2-1-3-7-15/h1-14H/b8-4+,18-9-. The Hall–Kier alpha value is -3.44. The summed E-state index contributed by atoms with van der Waals surface area (Å²) in [5.74, 6) is 0.325. The third-order valence-electron chi connectivity index (χ3n) is 3.91. The minimum atomic E-state index is -0.434. The number of hydrogen-bond acceptors (Lipinski definition) is 5. The predicted octanol–water partition coefficient (Wildman–Crippen LogP) is 5.14. The monoisotopic (exact) mass is 374 g/mol. The van der Waals surface area contributed by atoms with Crippen LogP contribution in [0.25, 0.3) is 6.08 Å². The maximum absolute atomic E-state index is 12.4. The summed E-state index contributed by atoms with van der Waals surface area (Å²) in [5, 5.41) is 1.81. The van der Waals surface area contributed by atoms with E-state index in [2.05, 4.69) is 0 Å². The Labute approximate surface area is 160 Å². The van der Waals surface area contributed by atoms with E-state index in [9.17, 15) is 9.59 Å². The van der Waals surface area contributed by atoms with Crippen molar-refractivity contribution in [2.45, 2.75) is 0 Å². The highest BCUT2D eigenvalue weighted by Gasteiger charge is 2.27. The van der Waals surface area contributed by atoms with Crippen molar-refractivity contribution in [3.05, 3.63) is 100.0 Å². The first kappa shape index (κ1) is 17.0. The first-order chi connectivity index (χ1) is 13.2. The molecule has 3 aromatic rings. The van der Waals surface area contributed by atoms with Crippen molar-refractivity contribution in [2.24, 2.45) is 0 Å². The lowest BCUT2D eigenvalue weighted by atomic mass is 10.1. The molecule has 0 aliphatic carbocycles. The molecule has 0 bridgehead atoms. The third kappa shape index (κ3) is 3.73. The highest BCUT2D eigenvalue weighted by atomic mass is 32.1. The molecular weight excluding hydrogens is 360 g/mol. The second-order valence-corrected chi connectivity index (χ2v) is 6.70. The Morgan fingerprint density at radius 3 is 2.67 bits per heavy atom. The maximum Gasteiger partial charge on any atom is 0.353 e. The first-order valence-corrected chi connectivity index (χ1v) is 9.14. The van der Waals surface area contributed by atoms with Crippen molar-refractivity contribution >= 4 is 29.2 Å². The smallest absolute Gasteiger partial charge is 0.353 e. The van der Waals surface area contributed by atoms with Crippen LogP contribution in [-0.4, -0.2) is 11.8 Å². The van der Waals surface area contributed by atoms with Crippen molar-refractivity contribution < 1.29 is 19.1 Å². The van der Waals surface area contributed by atoms with Crippen LogP contribution in [0.4, 0.5) is 0 Å². The number of allylic oxidation sites excluding steroid dienone is 3. The van der Waals surface area contributed by atoms with Gasteiger partial charge in [0.2, 0.25) is 5.78 Å². The second-order valence-electron chi connectivity index (χ2n) is 5.76. The van der Waals surface area contributed by atoms with Crippen molar-refractivity contribution in [1.29, 1.82) is 0 Å². The quantitative estimate of drug-likeness (QED) is 0.360. The number of thiophene rings is 1. The van der Waals surface area contributed by atoms with Gasteiger partial charge in [-0.3, -0.25) is 4.79 Å². The number of benzene rings is 2. The molecule has 2 aromatic carbocycles. The molecule has 132 valence electrons. The van der Waals surface area contributed by atoms with E-state index in [0.29, 0.717) is 21.9 Å². The Bertz CT molecular complexity index is 1050. The predicted molar refractivity (Wildman–Crippen MR) is 104 cm³/mol. The zero-order valence-corrected chi connectivity index (χ0v) is 14.9. The summed E-state index contributed by atoms with van der Waals surface area (Å²) in [6.07, 6.45) is 5.29. The fourth-order valence-corrected chi connectivity index (χ4v) is 3.21. The summed E-state index contributed by atoms with van der Waals surface area (Å²) in [5.41, 5.74) is 1.48. The van der Waals surface area contributed by atoms with Crippen LogP contribution in [0.2, 0.25) is 0 Å². The SMILES string of the molecule is O=C(Oc1ccc2c(c1)O/C(=C\C=C\c1ccccc1)C2=O)c1cccs1. The van der Waals surface area contributed by atoms with Crippen LogP contribution >= 0.6 is 11.3 Å². The van der Waals surface area contributed by atoms with Gasteiger partial charge in [0, 0.05) is 6.07 Å². The van der Waals surface area contributed by atoms with Gasteiger partial charge in [-0.1, -0.05) is 48.6 Å². The summed E-state index contributed by atoms with van der Waals surface area (Å²) in [4.78, 5) is 25.0. The number of rotatable bonds is 4. The van der Waals surface area contributed by atoms with E-state index in [4.69, 9.17) is 9.47 Å². The van der Waals surface area contributed by atoms with E-state index >= 15 is 0 Å². The Balaban J connectivity index is 1.49. The van der Waals surface area contributed by atoms with E-state index in [1.54, 1.807) is 47.9 Å². The molecule has 4 rings (SSSR count). The summed E-state index contributed by atoms with van der Waals surface area (Å²) < 4.78 is 11.0. The van der Waals surface area contributed by atoms with Crippen LogP contribution in [0, 0.1) is 0 Å². The Morgan fingerprint density at radius 2 is 1.89 bits per heavy atom. The van der Waals surface area contributed by atoms with Crippen molar-refractivity contribution in [2.75, 3.05) is 0 Å². The van der Waals surface area contributed by atoms with Crippen LogP contribution in [0.5, 0.6) is 11.5 Å². The van der Waals surface area contributed by atoms with Gasteiger partial charge >= 0.3 is 5.97 Å². The zero-order valence-electron chi connectivity index (χ0n) is 14.1. The van der Waals surface area contributed by atoms with Crippen LogP contribution < -0.4 is 9.47 Å². The highest BCUT2D eigenvalue weighted by molar-refractivity contribution is 7.12. The minimum Gasteiger partial charge on any atom is -0.452 e. The molecule has 0 fully saturated rings. The van der Waals surface area contributed by atoms with Gasteiger partial charge in [-0.15, -0.1) is 11.3 Å². The average molecular weight is 374 g/mol. The zero-order chi connectivity index (χ0) is 18.6. The summed E-state index contributed by atoms with van der Waals surface area (Å²) in [7, 11) is 0. The number of carbonyl (C=O) groups excluding carboxylic acids is 2. The molecule has 0 atom stereocenters. The van der Waals surface area contributed by atoms with Gasteiger partial charge in [-0.05, 0) is 35.2 Å². The number of fused-ring (bicyclic) bond motifs is 1. The Kier molecular flexibility index (Phi) is 4.68. The van der Waals surface area contributed by atoms with E-state index in [1.165, 1.54) is 11.3 Å². The molecular formula is C22H14O4S. The topological polar surface area (TPSA) is 52.6 Å². The maximum atomic E-state index is 12.4. The lowest BCUT2D eigenvalue weighted by molar-refractivity contribution is 0.0739. The molecule has 2 heterocycles. The Morgan fingerprint density at radius 1 is 1.04 bits per heavy atom. The molecule has 0 N–H and O–H groups in total. The summed E-state index contributed by atoms with van der Waals surface area (Å²) in [6, 6.07) is 18.0. The van der Waals surface area contributed by atoms with Gasteiger partial charge in [0.05, 0.1) is 5.56 Å². The van der Waals surface area contributed by atoms with Gasteiger partial charge in [-0.2, -0.15) is 0 Å². The normalized spacial score (nSPS) is 14.4. The summed E-state index contributed by atoms with van der Waals surface area (Å²) >= 11 is 1.31. The van der Waals surface area contributed by atoms with E-state index in [-0.39, 0.29) is 11.5 Å². The molecule has 1 aromatic heterocycles. The lowest BCUT2D eigenvalue weighted by Crippen LogP contribution is -2.06. The van der Waals surface area contributed by atoms with Gasteiger partial charge in [0.1, 0.15) is 16.4 Å². The molecule has 0 unspecified atom stereocenters. The van der Waals surface area contributed by atoms with E-state index in [0.717, 1.165) is 5.56 Å². The molecule has 0 amide bonds. The molecule has 0 radical (unpaired) electrons. The number of hydrogen-bond donors (Lipinski definition) is 0. The molecule has 4 nitrogen and oxygen atoms in total. The second kappa shape index (κ2) is 7.43. The molecule has 0 spiro atoms. The molecule has 27 heavy (non-hydrogen) atoms. The molecule has 0 saturated heterocycles. The van der Waals surface area contributed by atoms with Crippen molar-refractivity contribution in [1.82, 2.24) is 0 Å². The average Bonchev–Trinajstić information content (AvgIpc) is 3.32. The van der Waals surface area contributed by atoms with Crippen molar-refractivity contribution in [3.63, 3.8) is 0 Å². The number of ketones is 1. The molecule has 5 heteroatoms. The first-order valence-electron chi connectivity index (χ1n) is 8.26. The van der Waals surface area contributed by atoms with Crippen LogP contribution in [-0.2, 0) is 0 Å². The molecule has 0 saturated carbocycles. The largest absolute Gasteiger partial charge is 0.452 e. The highest BCUT2D eigenvalue weighted by Crippen LogP contribution is 2.34. The van der Waals surface area contributed by atoms with Gasteiger partial charge < -0.3 is 9.47 Å². The number of Topliss-reactive ketones (excluding diaryl/α,β-unsaturated/α-hetero) is 1. The third-order valence-corrected chi connectivity index (χ3v) is 4.76.